The molecule has 11 heavy (non-hydrogen) atoms. The van der Waals surface area contributed by atoms with E-state index in [1.54, 1.807) is 6.26 Å². The van der Waals surface area contributed by atoms with Crippen molar-refractivity contribution in [3.63, 3.8) is 0 Å². The zero-order valence-electron chi connectivity index (χ0n) is 6.09. The summed E-state index contributed by atoms with van der Waals surface area (Å²) in [4.78, 5) is 0. The van der Waals surface area contributed by atoms with Gasteiger partial charge in [-0.2, -0.15) is 0 Å². The highest BCUT2D eigenvalue weighted by atomic mass is 16.6. The highest BCUT2D eigenvalue weighted by molar-refractivity contribution is 5.53. The molecule has 1 aromatic rings. The van der Waals surface area contributed by atoms with Crippen molar-refractivity contribution in [3.8, 4) is 5.95 Å². The van der Waals surface area contributed by atoms with Crippen LogP contribution >= 0.6 is 0 Å². The predicted molar refractivity (Wildman–Crippen MR) is 39.8 cm³/mol. The fraction of sp³-hybridized carbons (Fsp3) is 0.500. The number of furan rings is 1. The maximum atomic E-state index is 5.64. The van der Waals surface area contributed by atoms with Gasteiger partial charge < -0.3 is 14.5 Å². The third-order valence-electron chi connectivity index (χ3n) is 2.35. The van der Waals surface area contributed by atoms with Crippen LogP contribution in [-0.4, -0.2) is 12.1 Å². The van der Waals surface area contributed by atoms with Crippen molar-refractivity contribution in [3.05, 3.63) is 12.3 Å². The Morgan fingerprint density at radius 2 is 2.36 bits per heavy atom. The molecule has 3 heteroatoms. The molecule has 2 heterocycles. The van der Waals surface area contributed by atoms with Crippen LogP contribution in [0.2, 0.25) is 0 Å². The van der Waals surface area contributed by atoms with Crippen molar-refractivity contribution < 1.29 is 9.15 Å². The summed E-state index contributed by atoms with van der Waals surface area (Å²) in [6.07, 6.45) is 3.96. The van der Waals surface area contributed by atoms with Gasteiger partial charge >= 0.3 is 5.95 Å². The van der Waals surface area contributed by atoms with Gasteiger partial charge in [0.05, 0.1) is 12.8 Å². The first-order valence-electron chi connectivity index (χ1n) is 3.88. The van der Waals surface area contributed by atoms with Crippen LogP contribution in [0, 0.1) is 0 Å². The van der Waals surface area contributed by atoms with Gasteiger partial charge in [0.1, 0.15) is 11.3 Å². The maximum Gasteiger partial charge on any atom is 0.309 e. The summed E-state index contributed by atoms with van der Waals surface area (Å²) in [6.45, 7) is 0.930. The smallest absolute Gasteiger partial charge is 0.309 e. The fourth-order valence-corrected chi connectivity index (χ4v) is 1.41. The van der Waals surface area contributed by atoms with Crippen LogP contribution in [0.4, 0.5) is 5.69 Å². The second-order valence-corrected chi connectivity index (χ2v) is 3.26. The van der Waals surface area contributed by atoms with Crippen LogP contribution in [0.1, 0.15) is 12.8 Å². The monoisotopic (exact) mass is 151 g/mol. The van der Waals surface area contributed by atoms with E-state index >= 15 is 0 Å². The molecule has 0 unspecified atom stereocenters. The molecule has 0 aromatic carbocycles. The van der Waals surface area contributed by atoms with E-state index in [1.807, 2.05) is 6.07 Å². The molecule has 1 saturated carbocycles. The number of rotatable bonds is 0. The Bertz CT molecular complexity index is 288. The number of hydrogen-bond donors (Lipinski definition) is 1. The van der Waals surface area contributed by atoms with Crippen LogP contribution in [0.15, 0.2) is 16.7 Å². The standard InChI is InChI=1S/C8H9NO2/c1-4-10-7-6(1)9-5-8(11-7)2-3-8/h1,4,9H,2-3,5H2. The molecule has 1 fully saturated rings. The number of fused-ring (bicyclic) bond motifs is 1. The molecule has 0 saturated heterocycles. The Morgan fingerprint density at radius 3 is 3.18 bits per heavy atom. The number of ether oxygens (including phenoxy) is 1. The first kappa shape index (κ1) is 5.52. The van der Waals surface area contributed by atoms with Gasteiger partial charge in [-0.15, -0.1) is 0 Å². The largest absolute Gasteiger partial charge is 0.455 e. The minimum Gasteiger partial charge on any atom is -0.455 e. The lowest BCUT2D eigenvalue weighted by molar-refractivity contribution is 0.139. The number of hydrogen-bond acceptors (Lipinski definition) is 3. The molecule has 1 aliphatic heterocycles. The highest BCUT2D eigenvalue weighted by Gasteiger charge is 2.48. The fourth-order valence-electron chi connectivity index (χ4n) is 1.41. The van der Waals surface area contributed by atoms with Crippen LogP contribution in [-0.2, 0) is 0 Å². The molecule has 0 atom stereocenters. The van der Waals surface area contributed by atoms with E-state index in [-0.39, 0.29) is 5.60 Å². The molecule has 1 spiro atoms. The molecule has 0 bridgehead atoms. The van der Waals surface area contributed by atoms with E-state index < -0.39 is 0 Å². The first-order chi connectivity index (χ1) is 5.38. The Balaban J connectivity index is 2.00. The van der Waals surface area contributed by atoms with Gasteiger partial charge in [0.25, 0.3) is 0 Å². The molecule has 0 radical (unpaired) electrons. The van der Waals surface area contributed by atoms with Crippen molar-refractivity contribution in [2.24, 2.45) is 0 Å². The Morgan fingerprint density at radius 1 is 1.45 bits per heavy atom. The summed E-state index contributed by atoms with van der Waals surface area (Å²) in [7, 11) is 0. The third kappa shape index (κ3) is 0.679. The van der Waals surface area contributed by atoms with E-state index in [4.69, 9.17) is 9.15 Å². The summed E-state index contributed by atoms with van der Waals surface area (Å²) >= 11 is 0. The quantitative estimate of drug-likeness (QED) is 0.611. The van der Waals surface area contributed by atoms with Crippen LogP contribution < -0.4 is 10.1 Å². The molecular formula is C8H9NO2. The summed E-state index contributed by atoms with van der Waals surface area (Å²) in [5.41, 5.74) is 1.08. The zero-order chi connectivity index (χ0) is 7.31. The summed E-state index contributed by atoms with van der Waals surface area (Å²) in [5.74, 6) is 0.661. The maximum absolute atomic E-state index is 5.64. The lowest BCUT2D eigenvalue weighted by Gasteiger charge is -2.22. The molecule has 3 nitrogen and oxygen atoms in total. The molecule has 58 valence electrons. The summed E-state index contributed by atoms with van der Waals surface area (Å²) < 4.78 is 10.8. The molecule has 3 rings (SSSR count). The third-order valence-corrected chi connectivity index (χ3v) is 2.35. The van der Waals surface area contributed by atoms with Crippen LogP contribution in [0.3, 0.4) is 0 Å². The van der Waals surface area contributed by atoms with E-state index in [0.29, 0.717) is 5.95 Å². The normalized spacial score (nSPS) is 23.6. The topological polar surface area (TPSA) is 34.4 Å². The average Bonchev–Trinajstić information content (AvgIpc) is 2.63. The first-order valence-corrected chi connectivity index (χ1v) is 3.88. The molecule has 2 aliphatic rings. The van der Waals surface area contributed by atoms with E-state index in [1.165, 1.54) is 0 Å². The van der Waals surface area contributed by atoms with Gasteiger partial charge in [-0.3, -0.25) is 0 Å². The molecule has 1 N–H and O–H groups in total. The second kappa shape index (κ2) is 1.55. The lowest BCUT2D eigenvalue weighted by Crippen LogP contribution is -2.31. The van der Waals surface area contributed by atoms with Crippen LogP contribution in [0.5, 0.6) is 5.95 Å². The van der Waals surface area contributed by atoms with Crippen molar-refractivity contribution >= 4 is 5.69 Å². The highest BCUT2D eigenvalue weighted by Crippen LogP contribution is 2.45. The number of nitrogens with one attached hydrogen (secondary N) is 1. The molecule has 1 aromatic heterocycles. The zero-order valence-corrected chi connectivity index (χ0v) is 6.09. The van der Waals surface area contributed by atoms with Crippen molar-refractivity contribution in [1.82, 2.24) is 0 Å². The summed E-state index contributed by atoms with van der Waals surface area (Å²) in [5, 5.41) is 3.28. The van der Waals surface area contributed by atoms with Gasteiger partial charge in [-0.05, 0) is 12.8 Å². The van der Waals surface area contributed by atoms with E-state index in [9.17, 15) is 0 Å². The minimum absolute atomic E-state index is 0.0881. The van der Waals surface area contributed by atoms with Gasteiger partial charge in [0, 0.05) is 6.07 Å². The predicted octanol–water partition coefficient (Wildman–Crippen LogP) is 1.62. The molecular weight excluding hydrogens is 142 g/mol. The van der Waals surface area contributed by atoms with Crippen molar-refractivity contribution in [2.75, 3.05) is 11.9 Å². The summed E-state index contributed by atoms with van der Waals surface area (Å²) in [6, 6.07) is 1.89. The average molecular weight is 151 g/mol. The minimum atomic E-state index is 0.0881. The van der Waals surface area contributed by atoms with Crippen LogP contribution in [0.25, 0.3) is 0 Å². The molecule has 0 amide bonds. The Labute approximate surface area is 64.3 Å². The van der Waals surface area contributed by atoms with E-state index in [2.05, 4.69) is 5.32 Å². The second-order valence-electron chi connectivity index (χ2n) is 3.26. The SMILES string of the molecule is c1cc2c(o1)OC1(CC1)CN2. The Kier molecular flexibility index (Phi) is 0.776. The van der Waals surface area contributed by atoms with Gasteiger partial charge in [0.15, 0.2) is 0 Å². The van der Waals surface area contributed by atoms with Crippen molar-refractivity contribution in [1.29, 1.82) is 0 Å². The van der Waals surface area contributed by atoms with Crippen molar-refractivity contribution in [2.45, 2.75) is 18.4 Å². The molecule has 1 aliphatic carbocycles. The number of anilines is 1. The lowest BCUT2D eigenvalue weighted by atomic mass is 10.3. The Hall–Kier alpha value is -1.12. The van der Waals surface area contributed by atoms with Gasteiger partial charge in [-0.25, -0.2) is 0 Å². The van der Waals surface area contributed by atoms with Gasteiger partial charge in [-0.1, -0.05) is 0 Å². The van der Waals surface area contributed by atoms with E-state index in [0.717, 1.165) is 25.1 Å². The van der Waals surface area contributed by atoms with Gasteiger partial charge in [0.2, 0.25) is 0 Å².